The number of nitrogens with one attached hydrogen (secondary N) is 1. The van der Waals surface area contributed by atoms with Crippen molar-refractivity contribution in [2.75, 3.05) is 0 Å². The van der Waals surface area contributed by atoms with E-state index in [0.717, 1.165) is 0 Å². The Labute approximate surface area is 78.6 Å². The minimum Gasteiger partial charge on any atom is -0.481 e. The van der Waals surface area contributed by atoms with Crippen molar-refractivity contribution in [2.45, 2.75) is 6.42 Å². The van der Waals surface area contributed by atoms with E-state index in [0.29, 0.717) is 17.0 Å². The number of carboxylic acid groups (broad SMARTS) is 1. The lowest BCUT2D eigenvalue weighted by Gasteiger charge is -1.94. The molecule has 2 N–H and O–H groups in total. The number of aromatic amines is 1. The minimum absolute atomic E-state index is 0.0907. The maximum Gasteiger partial charge on any atom is 0.307 e. The molecule has 0 amide bonds. The first-order valence-electron chi connectivity index (χ1n) is 3.90. The van der Waals surface area contributed by atoms with E-state index in [4.69, 9.17) is 9.52 Å². The quantitative estimate of drug-likeness (QED) is 0.748. The van der Waals surface area contributed by atoms with Gasteiger partial charge in [-0.1, -0.05) is 0 Å². The van der Waals surface area contributed by atoms with Crippen LogP contribution in [0.15, 0.2) is 23.2 Å². The van der Waals surface area contributed by atoms with Crippen molar-refractivity contribution < 1.29 is 14.3 Å². The fourth-order valence-electron chi connectivity index (χ4n) is 1.16. The number of aromatic nitrogens is 3. The minimum atomic E-state index is -0.910. The maximum absolute atomic E-state index is 10.5. The van der Waals surface area contributed by atoms with Crippen LogP contribution in [0.2, 0.25) is 0 Å². The zero-order valence-electron chi connectivity index (χ0n) is 7.10. The Balaban J connectivity index is 2.35. The van der Waals surface area contributed by atoms with Crippen LogP contribution < -0.4 is 0 Å². The first-order valence-corrected chi connectivity index (χ1v) is 3.90. The van der Waals surface area contributed by atoms with Gasteiger partial charge in [0.2, 0.25) is 0 Å². The fourth-order valence-corrected chi connectivity index (χ4v) is 1.16. The number of nitrogens with zero attached hydrogens (tertiary/aromatic N) is 2. The molecule has 0 aliphatic carbocycles. The molecule has 6 nitrogen and oxygen atoms in total. The molecule has 0 fully saturated rings. The lowest BCUT2D eigenvalue weighted by Crippen LogP contribution is -1.99. The van der Waals surface area contributed by atoms with Crippen LogP contribution in [-0.2, 0) is 11.2 Å². The van der Waals surface area contributed by atoms with Crippen LogP contribution in [0.3, 0.4) is 0 Å². The monoisotopic (exact) mass is 193 g/mol. The van der Waals surface area contributed by atoms with Gasteiger partial charge in [0.25, 0.3) is 0 Å². The molecular weight excluding hydrogens is 186 g/mol. The first-order chi connectivity index (χ1) is 6.77. The molecule has 14 heavy (non-hydrogen) atoms. The molecule has 0 saturated heterocycles. The summed E-state index contributed by atoms with van der Waals surface area (Å²) in [5, 5.41) is 15.0. The highest BCUT2D eigenvalue weighted by atomic mass is 16.4. The van der Waals surface area contributed by atoms with Gasteiger partial charge in [0.15, 0.2) is 12.2 Å². The summed E-state index contributed by atoms with van der Waals surface area (Å²) >= 11 is 0. The average molecular weight is 193 g/mol. The van der Waals surface area contributed by atoms with Crippen molar-refractivity contribution in [3.63, 3.8) is 0 Å². The molecule has 2 rings (SSSR count). The van der Waals surface area contributed by atoms with E-state index < -0.39 is 5.97 Å². The average Bonchev–Trinajstić information content (AvgIpc) is 2.70. The topological polar surface area (TPSA) is 92.0 Å². The summed E-state index contributed by atoms with van der Waals surface area (Å²) < 4.78 is 5.02. The number of carboxylic acids is 1. The highest BCUT2D eigenvalue weighted by molar-refractivity contribution is 5.73. The molecule has 0 aliphatic rings. The predicted molar refractivity (Wildman–Crippen MR) is 45.4 cm³/mol. The Morgan fingerprint density at radius 2 is 2.43 bits per heavy atom. The third-order valence-electron chi connectivity index (χ3n) is 1.74. The second-order valence-corrected chi connectivity index (χ2v) is 2.71. The Morgan fingerprint density at radius 3 is 3.07 bits per heavy atom. The number of rotatable bonds is 3. The summed E-state index contributed by atoms with van der Waals surface area (Å²) in [7, 11) is 0. The van der Waals surface area contributed by atoms with Gasteiger partial charge in [-0.3, -0.25) is 9.89 Å². The van der Waals surface area contributed by atoms with Crippen LogP contribution in [0.1, 0.15) is 5.56 Å². The summed E-state index contributed by atoms with van der Waals surface area (Å²) in [4.78, 5) is 14.2. The number of aliphatic carboxylic acids is 1. The predicted octanol–water partition coefficient (Wildman–Crippen LogP) is 0.692. The van der Waals surface area contributed by atoms with E-state index in [1.807, 2.05) is 0 Å². The Bertz CT molecular complexity index is 432. The van der Waals surface area contributed by atoms with Crippen molar-refractivity contribution in [3.8, 4) is 11.5 Å². The summed E-state index contributed by atoms with van der Waals surface area (Å²) in [6.07, 6.45) is 4.15. The molecule has 2 heterocycles. The highest BCUT2D eigenvalue weighted by Gasteiger charge is 2.12. The molecule has 72 valence electrons. The molecule has 0 atom stereocenters. The van der Waals surface area contributed by atoms with Crippen LogP contribution in [0.4, 0.5) is 0 Å². The molecule has 6 heteroatoms. The zero-order chi connectivity index (χ0) is 9.97. The summed E-state index contributed by atoms with van der Waals surface area (Å²) in [6.45, 7) is 0. The highest BCUT2D eigenvalue weighted by Crippen LogP contribution is 2.20. The normalized spacial score (nSPS) is 10.3. The molecular formula is C8H7N3O3. The van der Waals surface area contributed by atoms with Gasteiger partial charge in [-0.15, -0.1) is 0 Å². The third kappa shape index (κ3) is 1.49. The Kier molecular flexibility index (Phi) is 2.02. The van der Waals surface area contributed by atoms with Crippen LogP contribution in [0.5, 0.6) is 0 Å². The van der Waals surface area contributed by atoms with Gasteiger partial charge in [-0.05, 0) is 0 Å². The van der Waals surface area contributed by atoms with Crippen LogP contribution in [0, 0.1) is 0 Å². The largest absolute Gasteiger partial charge is 0.481 e. The van der Waals surface area contributed by atoms with Crippen molar-refractivity contribution in [3.05, 3.63) is 24.4 Å². The van der Waals surface area contributed by atoms with Gasteiger partial charge in [0.05, 0.1) is 18.8 Å². The zero-order valence-corrected chi connectivity index (χ0v) is 7.10. The SMILES string of the molecule is O=C(O)Cc1cn[nH]c1-c1cnco1. The van der Waals surface area contributed by atoms with Gasteiger partial charge in [0, 0.05) is 5.56 Å². The van der Waals surface area contributed by atoms with Gasteiger partial charge in [-0.2, -0.15) is 5.10 Å². The standard InChI is InChI=1S/C8H7N3O3/c12-7(13)1-5-2-10-11-8(5)6-3-9-4-14-6/h2-4H,1H2,(H,10,11)(H,12,13). The Hall–Kier alpha value is -2.11. The summed E-state index contributed by atoms with van der Waals surface area (Å²) in [6, 6.07) is 0. The summed E-state index contributed by atoms with van der Waals surface area (Å²) in [5.41, 5.74) is 1.14. The molecule has 0 radical (unpaired) electrons. The number of hydrogen-bond donors (Lipinski definition) is 2. The van der Waals surface area contributed by atoms with E-state index in [1.54, 1.807) is 0 Å². The van der Waals surface area contributed by atoms with Crippen LogP contribution in [0.25, 0.3) is 11.5 Å². The van der Waals surface area contributed by atoms with Crippen molar-refractivity contribution in [2.24, 2.45) is 0 Å². The summed E-state index contributed by atoms with van der Waals surface area (Å²) in [5.74, 6) is -0.425. The van der Waals surface area contributed by atoms with Crippen molar-refractivity contribution in [1.29, 1.82) is 0 Å². The van der Waals surface area contributed by atoms with Gasteiger partial charge in [0.1, 0.15) is 5.69 Å². The number of carbonyl (C=O) groups is 1. The van der Waals surface area contributed by atoms with E-state index in [9.17, 15) is 4.79 Å². The van der Waals surface area contributed by atoms with Gasteiger partial charge in [-0.25, -0.2) is 4.98 Å². The van der Waals surface area contributed by atoms with Crippen molar-refractivity contribution in [1.82, 2.24) is 15.2 Å². The first kappa shape index (κ1) is 8.49. The van der Waals surface area contributed by atoms with E-state index in [2.05, 4.69) is 15.2 Å². The molecule has 2 aromatic heterocycles. The number of hydrogen-bond acceptors (Lipinski definition) is 4. The van der Waals surface area contributed by atoms with E-state index in [-0.39, 0.29) is 6.42 Å². The molecule has 0 aliphatic heterocycles. The van der Waals surface area contributed by atoms with Crippen LogP contribution >= 0.6 is 0 Å². The lowest BCUT2D eigenvalue weighted by molar-refractivity contribution is -0.136. The second kappa shape index (κ2) is 3.33. The Morgan fingerprint density at radius 1 is 1.57 bits per heavy atom. The maximum atomic E-state index is 10.5. The fraction of sp³-hybridized carbons (Fsp3) is 0.125. The lowest BCUT2D eigenvalue weighted by atomic mass is 10.1. The molecule has 0 spiro atoms. The third-order valence-corrected chi connectivity index (χ3v) is 1.74. The molecule has 0 unspecified atom stereocenters. The number of H-pyrrole nitrogens is 1. The van der Waals surface area contributed by atoms with Crippen molar-refractivity contribution >= 4 is 5.97 Å². The molecule has 0 bridgehead atoms. The molecule has 0 aromatic carbocycles. The molecule has 2 aromatic rings. The van der Waals surface area contributed by atoms with E-state index >= 15 is 0 Å². The smallest absolute Gasteiger partial charge is 0.307 e. The number of oxazole rings is 1. The van der Waals surface area contributed by atoms with E-state index in [1.165, 1.54) is 18.8 Å². The molecule has 0 saturated carbocycles. The van der Waals surface area contributed by atoms with Crippen LogP contribution in [-0.4, -0.2) is 26.3 Å². The van der Waals surface area contributed by atoms with Gasteiger partial charge < -0.3 is 9.52 Å². The van der Waals surface area contributed by atoms with Gasteiger partial charge >= 0.3 is 5.97 Å². The second-order valence-electron chi connectivity index (χ2n) is 2.71.